The minimum absolute atomic E-state index is 0.247. The molecule has 0 spiro atoms. The minimum Gasteiger partial charge on any atom is -0.383 e. The Balaban J connectivity index is 2.97. The lowest BCUT2D eigenvalue weighted by Gasteiger charge is -2.08. The Morgan fingerprint density at radius 2 is 2.10 bits per heavy atom. The van der Waals surface area contributed by atoms with E-state index in [4.69, 9.17) is 10.5 Å². The molecule has 0 aromatic heterocycles. The van der Waals surface area contributed by atoms with Gasteiger partial charge in [-0.05, 0) is 6.42 Å². The third-order valence-corrected chi connectivity index (χ3v) is 1.56. The fraction of sp³-hybridized carbons (Fsp3) is 1.00. The molecule has 0 fully saturated rings. The van der Waals surface area contributed by atoms with Gasteiger partial charge in [0.15, 0.2) is 0 Å². The molecule has 0 unspecified atom stereocenters. The van der Waals surface area contributed by atoms with Crippen LogP contribution in [-0.4, -0.2) is 19.8 Å². The average Bonchev–Trinajstić information content (AvgIpc) is 1.89. The van der Waals surface area contributed by atoms with Gasteiger partial charge in [0.2, 0.25) is 0 Å². The van der Waals surface area contributed by atoms with E-state index in [0.29, 0.717) is 6.61 Å². The molecular weight excluding hydrogens is 126 g/mol. The number of hydrogen-bond acceptors (Lipinski definition) is 2. The molecule has 0 radical (unpaired) electrons. The highest BCUT2D eigenvalue weighted by molar-refractivity contribution is 4.58. The quantitative estimate of drug-likeness (QED) is 0.575. The summed E-state index contributed by atoms with van der Waals surface area (Å²) in [4.78, 5) is 0. The Bertz CT molecular complexity index is 66.3. The number of hydrogen-bond donors (Lipinski definition) is 1. The van der Waals surface area contributed by atoms with Crippen molar-refractivity contribution in [3.8, 4) is 0 Å². The smallest absolute Gasteiger partial charge is 0.0613 e. The van der Waals surface area contributed by atoms with Crippen molar-refractivity contribution in [3.63, 3.8) is 0 Å². The number of unbranched alkanes of at least 4 members (excludes halogenated alkanes) is 2. The molecule has 0 rings (SSSR count). The van der Waals surface area contributed by atoms with Crippen LogP contribution in [0.3, 0.4) is 0 Å². The summed E-state index contributed by atoms with van der Waals surface area (Å²) < 4.78 is 4.91. The molecule has 0 saturated heterocycles. The average molecular weight is 145 g/mol. The lowest BCUT2D eigenvalue weighted by molar-refractivity contribution is 0.176. The molecule has 1 atom stereocenters. The first-order valence-corrected chi connectivity index (χ1v) is 4.05. The van der Waals surface area contributed by atoms with Gasteiger partial charge in [-0.15, -0.1) is 0 Å². The predicted molar refractivity (Wildman–Crippen MR) is 44.0 cm³/mol. The van der Waals surface area contributed by atoms with Gasteiger partial charge >= 0.3 is 0 Å². The summed E-state index contributed by atoms with van der Waals surface area (Å²) in [5, 5.41) is 0. The van der Waals surface area contributed by atoms with Crippen molar-refractivity contribution < 1.29 is 4.74 Å². The van der Waals surface area contributed by atoms with Crippen LogP contribution < -0.4 is 5.73 Å². The molecule has 10 heavy (non-hydrogen) atoms. The SMILES string of the molecule is CCCCC[C@H](N)COC. The third kappa shape index (κ3) is 6.05. The molecule has 2 heteroatoms. The second-order valence-corrected chi connectivity index (χ2v) is 2.71. The maximum absolute atomic E-state index is 5.70. The molecule has 0 amide bonds. The molecule has 0 aliphatic carbocycles. The van der Waals surface area contributed by atoms with Gasteiger partial charge in [0.05, 0.1) is 6.61 Å². The second-order valence-electron chi connectivity index (χ2n) is 2.71. The standard InChI is InChI=1S/C8H19NO/c1-3-4-5-6-8(9)7-10-2/h8H,3-7,9H2,1-2H3/t8-/m0/s1. The second kappa shape index (κ2) is 7.03. The van der Waals surface area contributed by atoms with Crippen molar-refractivity contribution >= 4 is 0 Å². The summed E-state index contributed by atoms with van der Waals surface area (Å²) in [6, 6.07) is 0.247. The first kappa shape index (κ1) is 9.92. The van der Waals surface area contributed by atoms with E-state index in [1.54, 1.807) is 7.11 Å². The van der Waals surface area contributed by atoms with Crippen molar-refractivity contribution in [2.75, 3.05) is 13.7 Å². The maximum Gasteiger partial charge on any atom is 0.0613 e. The van der Waals surface area contributed by atoms with Crippen LogP contribution >= 0.6 is 0 Å². The van der Waals surface area contributed by atoms with E-state index in [1.165, 1.54) is 19.3 Å². The van der Waals surface area contributed by atoms with Crippen molar-refractivity contribution in [2.24, 2.45) is 5.73 Å². The molecule has 0 aromatic carbocycles. The van der Waals surface area contributed by atoms with Crippen LogP contribution in [0.15, 0.2) is 0 Å². The lowest BCUT2D eigenvalue weighted by Crippen LogP contribution is -2.25. The van der Waals surface area contributed by atoms with E-state index < -0.39 is 0 Å². The topological polar surface area (TPSA) is 35.2 Å². The number of methoxy groups -OCH3 is 1. The summed E-state index contributed by atoms with van der Waals surface area (Å²) in [7, 11) is 1.69. The summed E-state index contributed by atoms with van der Waals surface area (Å²) in [5.74, 6) is 0. The molecule has 0 saturated carbocycles. The van der Waals surface area contributed by atoms with E-state index >= 15 is 0 Å². The van der Waals surface area contributed by atoms with Crippen LogP contribution in [0.4, 0.5) is 0 Å². The number of nitrogens with two attached hydrogens (primary N) is 1. The largest absolute Gasteiger partial charge is 0.383 e. The van der Waals surface area contributed by atoms with Gasteiger partial charge < -0.3 is 10.5 Å². The van der Waals surface area contributed by atoms with E-state index in [9.17, 15) is 0 Å². The van der Waals surface area contributed by atoms with Crippen LogP contribution in [0.2, 0.25) is 0 Å². The minimum atomic E-state index is 0.247. The fourth-order valence-corrected chi connectivity index (χ4v) is 0.954. The molecule has 2 nitrogen and oxygen atoms in total. The summed E-state index contributed by atoms with van der Waals surface area (Å²) in [5.41, 5.74) is 5.70. The Morgan fingerprint density at radius 1 is 1.40 bits per heavy atom. The van der Waals surface area contributed by atoms with E-state index in [1.807, 2.05) is 0 Å². The van der Waals surface area contributed by atoms with Gasteiger partial charge in [0, 0.05) is 13.2 Å². The molecular formula is C8H19NO. The van der Waals surface area contributed by atoms with E-state index in [-0.39, 0.29) is 6.04 Å². The van der Waals surface area contributed by atoms with Crippen molar-refractivity contribution in [2.45, 2.75) is 38.6 Å². The van der Waals surface area contributed by atoms with Gasteiger partial charge in [0.1, 0.15) is 0 Å². The van der Waals surface area contributed by atoms with Crippen LogP contribution in [0.25, 0.3) is 0 Å². The van der Waals surface area contributed by atoms with Gasteiger partial charge in [-0.2, -0.15) is 0 Å². The number of ether oxygens (including phenoxy) is 1. The molecule has 2 N–H and O–H groups in total. The first-order valence-electron chi connectivity index (χ1n) is 4.05. The highest BCUT2D eigenvalue weighted by Gasteiger charge is 1.99. The Kier molecular flexibility index (Phi) is 6.98. The van der Waals surface area contributed by atoms with Crippen LogP contribution in [0.5, 0.6) is 0 Å². The zero-order valence-corrected chi connectivity index (χ0v) is 7.10. The fourth-order valence-electron chi connectivity index (χ4n) is 0.954. The predicted octanol–water partition coefficient (Wildman–Crippen LogP) is 1.54. The van der Waals surface area contributed by atoms with Crippen molar-refractivity contribution in [3.05, 3.63) is 0 Å². The normalized spacial score (nSPS) is 13.5. The highest BCUT2D eigenvalue weighted by Crippen LogP contribution is 2.01. The van der Waals surface area contributed by atoms with Crippen LogP contribution in [0, 0.1) is 0 Å². The first-order chi connectivity index (χ1) is 4.81. The summed E-state index contributed by atoms with van der Waals surface area (Å²) in [6.07, 6.45) is 4.89. The summed E-state index contributed by atoms with van der Waals surface area (Å²) in [6.45, 7) is 2.89. The lowest BCUT2D eigenvalue weighted by atomic mass is 10.1. The van der Waals surface area contributed by atoms with Gasteiger partial charge in [-0.3, -0.25) is 0 Å². The monoisotopic (exact) mass is 145 g/mol. The molecule has 0 aliphatic heterocycles. The Morgan fingerprint density at radius 3 is 2.60 bits per heavy atom. The van der Waals surface area contributed by atoms with Crippen LogP contribution in [0.1, 0.15) is 32.6 Å². The maximum atomic E-state index is 5.70. The van der Waals surface area contributed by atoms with Crippen molar-refractivity contribution in [1.82, 2.24) is 0 Å². The molecule has 0 bridgehead atoms. The van der Waals surface area contributed by atoms with E-state index in [2.05, 4.69) is 6.92 Å². The molecule has 62 valence electrons. The zero-order valence-electron chi connectivity index (χ0n) is 7.10. The third-order valence-electron chi connectivity index (χ3n) is 1.56. The summed E-state index contributed by atoms with van der Waals surface area (Å²) >= 11 is 0. The Hall–Kier alpha value is -0.0800. The Labute approximate surface area is 63.7 Å². The van der Waals surface area contributed by atoms with Gasteiger partial charge in [-0.25, -0.2) is 0 Å². The van der Waals surface area contributed by atoms with Crippen molar-refractivity contribution in [1.29, 1.82) is 0 Å². The molecule has 0 heterocycles. The van der Waals surface area contributed by atoms with Crippen LogP contribution in [-0.2, 0) is 4.74 Å². The van der Waals surface area contributed by atoms with Gasteiger partial charge in [-0.1, -0.05) is 26.2 Å². The number of rotatable bonds is 6. The molecule has 0 aliphatic rings. The van der Waals surface area contributed by atoms with E-state index in [0.717, 1.165) is 6.42 Å². The van der Waals surface area contributed by atoms with Gasteiger partial charge in [0.25, 0.3) is 0 Å². The molecule has 0 aromatic rings. The highest BCUT2D eigenvalue weighted by atomic mass is 16.5. The zero-order chi connectivity index (χ0) is 7.82.